The van der Waals surface area contributed by atoms with Gasteiger partial charge in [0.05, 0.1) is 0 Å². The molecule has 0 radical (unpaired) electrons. The molecule has 1 N–H and O–H groups in total. The van der Waals surface area contributed by atoms with Crippen molar-refractivity contribution in [2.45, 2.75) is 25.3 Å². The zero-order valence-corrected chi connectivity index (χ0v) is 9.77. The van der Waals surface area contributed by atoms with E-state index in [-0.39, 0.29) is 11.6 Å². The molecular weight excluding hydrogens is 229 g/mol. The molecule has 88 valence electrons. The molecule has 2 rings (SSSR count). The summed E-state index contributed by atoms with van der Waals surface area (Å²) in [6.07, 6.45) is 3.50. The molecule has 1 heterocycles. The van der Waals surface area contributed by atoms with E-state index < -0.39 is 0 Å². The fourth-order valence-corrected chi connectivity index (χ4v) is 2.01. The van der Waals surface area contributed by atoms with Gasteiger partial charge in [0.15, 0.2) is 11.6 Å². The van der Waals surface area contributed by atoms with E-state index in [1.165, 1.54) is 31.0 Å². The Morgan fingerprint density at radius 2 is 2.31 bits per heavy atom. The highest BCUT2D eigenvalue weighted by Gasteiger charge is 2.14. The molecule has 16 heavy (non-hydrogen) atoms. The summed E-state index contributed by atoms with van der Waals surface area (Å²) in [5.41, 5.74) is 0. The van der Waals surface area contributed by atoms with Crippen LogP contribution in [0.2, 0.25) is 5.02 Å². The third-order valence-electron chi connectivity index (χ3n) is 2.75. The van der Waals surface area contributed by atoms with Crippen LogP contribution in [0.3, 0.4) is 0 Å². The molecule has 1 fully saturated rings. The molecule has 1 aliphatic rings. The molecule has 1 saturated heterocycles. The Morgan fingerprint density at radius 1 is 1.44 bits per heavy atom. The lowest BCUT2D eigenvalue weighted by Gasteiger charge is -2.23. The Kier molecular flexibility index (Phi) is 4.02. The van der Waals surface area contributed by atoms with Gasteiger partial charge < -0.3 is 10.1 Å². The number of benzene rings is 1. The number of rotatable bonds is 3. The summed E-state index contributed by atoms with van der Waals surface area (Å²) in [6, 6.07) is 4.68. The van der Waals surface area contributed by atoms with Gasteiger partial charge in [0, 0.05) is 17.1 Å². The molecule has 1 unspecified atom stereocenters. The maximum Gasteiger partial charge on any atom is 0.165 e. The minimum absolute atomic E-state index is 0.236. The van der Waals surface area contributed by atoms with Gasteiger partial charge in [-0.2, -0.15) is 0 Å². The molecule has 2 nitrogen and oxygen atoms in total. The van der Waals surface area contributed by atoms with Crippen LogP contribution in [-0.4, -0.2) is 19.2 Å². The molecule has 1 aromatic rings. The second-order valence-corrected chi connectivity index (χ2v) is 4.47. The first-order chi connectivity index (χ1) is 7.75. The Balaban J connectivity index is 1.90. The van der Waals surface area contributed by atoms with Crippen LogP contribution in [0.1, 0.15) is 19.3 Å². The molecule has 0 aromatic heterocycles. The van der Waals surface area contributed by atoms with E-state index in [0.717, 1.165) is 13.0 Å². The van der Waals surface area contributed by atoms with Crippen molar-refractivity contribution in [3.63, 3.8) is 0 Å². The molecular formula is C12H15ClFNO. The van der Waals surface area contributed by atoms with E-state index in [4.69, 9.17) is 16.3 Å². The monoisotopic (exact) mass is 243 g/mol. The number of hydrogen-bond acceptors (Lipinski definition) is 2. The molecule has 1 aliphatic heterocycles. The average molecular weight is 244 g/mol. The topological polar surface area (TPSA) is 21.3 Å². The molecule has 0 amide bonds. The predicted molar refractivity (Wildman–Crippen MR) is 62.5 cm³/mol. The minimum Gasteiger partial charge on any atom is -0.489 e. The zero-order valence-electron chi connectivity index (χ0n) is 9.01. The first-order valence-electron chi connectivity index (χ1n) is 5.57. The first-order valence-corrected chi connectivity index (χ1v) is 5.95. The number of hydrogen-bond donors (Lipinski definition) is 1. The number of nitrogens with one attached hydrogen (secondary N) is 1. The van der Waals surface area contributed by atoms with E-state index in [0.29, 0.717) is 17.7 Å². The van der Waals surface area contributed by atoms with E-state index in [2.05, 4.69) is 5.32 Å². The highest BCUT2D eigenvalue weighted by atomic mass is 35.5. The standard InChI is InChI=1S/C12H15ClFNO/c13-9-4-5-11(14)12(7-9)16-8-10-3-1-2-6-15-10/h4-5,7,10,15H,1-3,6,8H2. The quantitative estimate of drug-likeness (QED) is 0.881. The summed E-state index contributed by atoms with van der Waals surface area (Å²) in [6.45, 7) is 1.52. The molecule has 1 aromatic carbocycles. The smallest absolute Gasteiger partial charge is 0.165 e. The van der Waals surface area contributed by atoms with E-state index >= 15 is 0 Å². The third kappa shape index (κ3) is 3.09. The Bertz CT molecular complexity index is 353. The SMILES string of the molecule is Fc1ccc(Cl)cc1OCC1CCCCN1. The fraction of sp³-hybridized carbons (Fsp3) is 0.500. The summed E-state index contributed by atoms with van der Waals surface area (Å²) in [5.74, 6) is -0.125. The van der Waals surface area contributed by atoms with Gasteiger partial charge in [-0.25, -0.2) is 4.39 Å². The van der Waals surface area contributed by atoms with Gasteiger partial charge in [-0.1, -0.05) is 18.0 Å². The average Bonchev–Trinajstić information content (AvgIpc) is 2.32. The predicted octanol–water partition coefficient (Wildman–Crippen LogP) is 3.00. The van der Waals surface area contributed by atoms with Crippen LogP contribution in [0.15, 0.2) is 18.2 Å². The third-order valence-corrected chi connectivity index (χ3v) is 2.98. The molecule has 4 heteroatoms. The lowest BCUT2D eigenvalue weighted by Crippen LogP contribution is -2.38. The summed E-state index contributed by atoms with van der Waals surface area (Å²) in [5, 5.41) is 3.84. The summed E-state index contributed by atoms with van der Waals surface area (Å²) >= 11 is 5.78. The van der Waals surface area contributed by atoms with Crippen LogP contribution in [0.5, 0.6) is 5.75 Å². The molecule has 1 atom stereocenters. The maximum absolute atomic E-state index is 13.3. The molecule has 0 aliphatic carbocycles. The molecule has 0 saturated carbocycles. The lowest BCUT2D eigenvalue weighted by atomic mass is 10.1. The Labute approximate surface area is 99.7 Å². The van der Waals surface area contributed by atoms with Crippen LogP contribution < -0.4 is 10.1 Å². The van der Waals surface area contributed by atoms with Crippen molar-refractivity contribution >= 4 is 11.6 Å². The van der Waals surface area contributed by atoms with Crippen LogP contribution in [0, 0.1) is 5.82 Å². The van der Waals surface area contributed by atoms with Gasteiger partial charge in [-0.05, 0) is 31.5 Å². The van der Waals surface area contributed by atoms with E-state index in [1.807, 2.05) is 0 Å². The van der Waals surface area contributed by atoms with Gasteiger partial charge in [-0.3, -0.25) is 0 Å². The molecule has 0 bridgehead atoms. The minimum atomic E-state index is -0.361. The van der Waals surface area contributed by atoms with Crippen molar-refractivity contribution < 1.29 is 9.13 Å². The normalized spacial score (nSPS) is 20.8. The lowest BCUT2D eigenvalue weighted by molar-refractivity contribution is 0.231. The zero-order chi connectivity index (χ0) is 11.4. The second-order valence-electron chi connectivity index (χ2n) is 4.03. The van der Waals surface area contributed by atoms with Gasteiger partial charge >= 0.3 is 0 Å². The van der Waals surface area contributed by atoms with Crippen molar-refractivity contribution in [1.29, 1.82) is 0 Å². The Hall–Kier alpha value is -0.800. The highest BCUT2D eigenvalue weighted by molar-refractivity contribution is 6.30. The first kappa shape index (κ1) is 11.7. The Morgan fingerprint density at radius 3 is 3.06 bits per heavy atom. The van der Waals surface area contributed by atoms with E-state index in [1.54, 1.807) is 0 Å². The van der Waals surface area contributed by atoms with Crippen molar-refractivity contribution in [1.82, 2.24) is 5.32 Å². The van der Waals surface area contributed by atoms with Crippen molar-refractivity contribution in [2.24, 2.45) is 0 Å². The van der Waals surface area contributed by atoms with E-state index in [9.17, 15) is 4.39 Å². The van der Waals surface area contributed by atoms with Crippen molar-refractivity contribution in [3.8, 4) is 5.75 Å². The number of halogens is 2. The van der Waals surface area contributed by atoms with Gasteiger partial charge in [0.2, 0.25) is 0 Å². The van der Waals surface area contributed by atoms with Gasteiger partial charge in [-0.15, -0.1) is 0 Å². The second kappa shape index (κ2) is 5.51. The number of ether oxygens (including phenoxy) is 1. The van der Waals surface area contributed by atoms with Crippen LogP contribution in [0.4, 0.5) is 4.39 Å². The summed E-state index contributed by atoms with van der Waals surface area (Å²) < 4.78 is 18.8. The fourth-order valence-electron chi connectivity index (χ4n) is 1.84. The van der Waals surface area contributed by atoms with Crippen molar-refractivity contribution in [3.05, 3.63) is 29.0 Å². The molecule has 0 spiro atoms. The summed E-state index contributed by atoms with van der Waals surface area (Å²) in [7, 11) is 0. The van der Waals surface area contributed by atoms with Crippen LogP contribution >= 0.6 is 11.6 Å². The van der Waals surface area contributed by atoms with Gasteiger partial charge in [0.1, 0.15) is 6.61 Å². The number of piperidine rings is 1. The largest absolute Gasteiger partial charge is 0.489 e. The van der Waals surface area contributed by atoms with Crippen LogP contribution in [0.25, 0.3) is 0 Å². The van der Waals surface area contributed by atoms with Crippen LogP contribution in [-0.2, 0) is 0 Å². The summed E-state index contributed by atoms with van der Waals surface area (Å²) in [4.78, 5) is 0. The maximum atomic E-state index is 13.3. The van der Waals surface area contributed by atoms with Gasteiger partial charge in [0.25, 0.3) is 0 Å². The van der Waals surface area contributed by atoms with Crippen molar-refractivity contribution in [2.75, 3.05) is 13.2 Å². The highest BCUT2D eigenvalue weighted by Crippen LogP contribution is 2.22.